The number of aliphatic imine (C=N–C) groups is 1. The molecule has 0 radical (unpaired) electrons. The van der Waals surface area contributed by atoms with Crippen molar-refractivity contribution in [3.8, 4) is 11.5 Å². The van der Waals surface area contributed by atoms with Crippen LogP contribution in [-0.2, 0) is 4.79 Å². The number of carbonyl (C=O) groups excluding carboxylic acids is 1. The highest BCUT2D eigenvalue weighted by molar-refractivity contribution is 8.26. The minimum absolute atomic E-state index is 0.0362. The second-order valence-corrected chi connectivity index (χ2v) is 9.24. The third-order valence-electron chi connectivity index (χ3n) is 4.86. The first kappa shape index (κ1) is 22.8. The largest absolute Gasteiger partial charge is 0.490 e. The zero-order chi connectivity index (χ0) is 23.4. The molecule has 170 valence electrons. The summed E-state index contributed by atoms with van der Waals surface area (Å²) in [4.78, 5) is 16.7. The van der Waals surface area contributed by atoms with E-state index in [0.717, 1.165) is 28.3 Å². The Labute approximate surface area is 197 Å². The Morgan fingerprint density at radius 2 is 1.79 bits per heavy atom. The van der Waals surface area contributed by atoms with Crippen molar-refractivity contribution in [2.75, 3.05) is 13.2 Å². The van der Waals surface area contributed by atoms with Crippen molar-refractivity contribution < 1.29 is 14.3 Å². The monoisotopic (exact) mass is 462 g/mol. The van der Waals surface area contributed by atoms with Crippen LogP contribution in [0.1, 0.15) is 31.4 Å². The summed E-state index contributed by atoms with van der Waals surface area (Å²) in [6.45, 7) is 7.03. The number of aryl methyl sites for hydroxylation is 1. The maximum Gasteiger partial charge on any atom is 0.283 e. The van der Waals surface area contributed by atoms with Crippen molar-refractivity contribution in [3.63, 3.8) is 0 Å². The molecule has 0 fully saturated rings. The standard InChI is InChI=1S/C25H26N4O3S/c1-16(2)12-22-28-29-23(26)21(24(30)27-25(29)33-22)15-18-7-5-9-20(14-18)32-11-10-31-19-8-4-6-17(3)13-19/h4-9,13-16,26H,10-12H2,1-3H3/b21-15-,26-23?. The van der Waals surface area contributed by atoms with Gasteiger partial charge in [-0.15, -0.1) is 0 Å². The zero-order valence-electron chi connectivity index (χ0n) is 18.9. The Bertz CT molecular complexity index is 1170. The van der Waals surface area contributed by atoms with Crippen LogP contribution in [0, 0.1) is 18.3 Å². The molecule has 2 aliphatic rings. The highest BCUT2D eigenvalue weighted by Crippen LogP contribution is 2.30. The van der Waals surface area contributed by atoms with E-state index in [0.29, 0.717) is 30.0 Å². The number of fused-ring (bicyclic) bond motifs is 1. The number of thioether (sulfide) groups is 1. The Balaban J connectivity index is 1.41. The van der Waals surface area contributed by atoms with Crippen molar-refractivity contribution in [2.24, 2.45) is 16.0 Å². The van der Waals surface area contributed by atoms with Gasteiger partial charge in [-0.1, -0.05) is 38.1 Å². The molecule has 2 aliphatic heterocycles. The van der Waals surface area contributed by atoms with Gasteiger partial charge in [0, 0.05) is 6.42 Å². The lowest BCUT2D eigenvalue weighted by Crippen LogP contribution is -2.35. The summed E-state index contributed by atoms with van der Waals surface area (Å²) in [6.07, 6.45) is 2.44. The Morgan fingerprint density at radius 1 is 1.09 bits per heavy atom. The number of amides is 1. The number of hydrazone groups is 1. The molecule has 4 rings (SSSR count). The van der Waals surface area contributed by atoms with Gasteiger partial charge in [-0.05, 0) is 66.1 Å². The van der Waals surface area contributed by atoms with Crippen LogP contribution < -0.4 is 9.47 Å². The van der Waals surface area contributed by atoms with Crippen molar-refractivity contribution in [1.82, 2.24) is 5.01 Å². The second-order valence-electron chi connectivity index (χ2n) is 8.20. The van der Waals surface area contributed by atoms with Gasteiger partial charge in [0.25, 0.3) is 5.91 Å². The van der Waals surface area contributed by atoms with E-state index in [1.807, 2.05) is 55.5 Å². The molecule has 33 heavy (non-hydrogen) atoms. The normalized spacial score (nSPS) is 16.7. The van der Waals surface area contributed by atoms with Gasteiger partial charge in [-0.25, -0.2) is 0 Å². The molecule has 2 aromatic rings. The van der Waals surface area contributed by atoms with Gasteiger partial charge in [0.2, 0.25) is 5.17 Å². The number of nitrogens with one attached hydrogen (secondary N) is 1. The van der Waals surface area contributed by atoms with Crippen molar-refractivity contribution in [2.45, 2.75) is 27.2 Å². The van der Waals surface area contributed by atoms with Crippen LogP contribution in [0.3, 0.4) is 0 Å². The molecule has 0 unspecified atom stereocenters. The van der Waals surface area contributed by atoms with Crippen LogP contribution in [0.15, 0.2) is 64.2 Å². The third kappa shape index (κ3) is 5.70. The van der Waals surface area contributed by atoms with Gasteiger partial charge in [0.15, 0.2) is 5.84 Å². The molecule has 1 N–H and O–H groups in total. The molecule has 0 bridgehead atoms. The van der Waals surface area contributed by atoms with E-state index in [-0.39, 0.29) is 11.4 Å². The van der Waals surface area contributed by atoms with E-state index >= 15 is 0 Å². The fourth-order valence-electron chi connectivity index (χ4n) is 3.35. The molecule has 1 amide bonds. The van der Waals surface area contributed by atoms with Gasteiger partial charge in [0.1, 0.15) is 29.8 Å². The summed E-state index contributed by atoms with van der Waals surface area (Å²) >= 11 is 1.36. The molecular formula is C25H26N4O3S. The summed E-state index contributed by atoms with van der Waals surface area (Å²) in [5.74, 6) is 1.51. The van der Waals surface area contributed by atoms with Gasteiger partial charge >= 0.3 is 0 Å². The highest BCUT2D eigenvalue weighted by Gasteiger charge is 2.35. The maximum atomic E-state index is 12.6. The van der Waals surface area contributed by atoms with E-state index in [2.05, 4.69) is 23.9 Å². The van der Waals surface area contributed by atoms with Crippen molar-refractivity contribution >= 4 is 39.8 Å². The lowest BCUT2D eigenvalue weighted by atomic mass is 10.1. The summed E-state index contributed by atoms with van der Waals surface area (Å²) in [5.41, 5.74) is 2.09. The number of rotatable bonds is 8. The Hall–Kier alpha value is -3.39. The van der Waals surface area contributed by atoms with Gasteiger partial charge in [0.05, 0.1) is 5.57 Å². The van der Waals surface area contributed by atoms with Crippen molar-refractivity contribution in [3.05, 3.63) is 65.2 Å². The molecule has 0 saturated carbocycles. The van der Waals surface area contributed by atoms with E-state index in [4.69, 9.17) is 14.9 Å². The van der Waals surface area contributed by atoms with Gasteiger partial charge in [-0.3, -0.25) is 10.2 Å². The molecular weight excluding hydrogens is 436 g/mol. The third-order valence-corrected chi connectivity index (χ3v) is 5.79. The molecule has 0 atom stereocenters. The lowest BCUT2D eigenvalue weighted by Gasteiger charge is -2.20. The van der Waals surface area contributed by atoms with Crippen LogP contribution in [0.2, 0.25) is 0 Å². The van der Waals surface area contributed by atoms with Crippen LogP contribution >= 0.6 is 11.8 Å². The first-order valence-corrected chi connectivity index (χ1v) is 11.6. The summed E-state index contributed by atoms with van der Waals surface area (Å²) in [7, 11) is 0. The number of carbonyl (C=O) groups is 1. The van der Waals surface area contributed by atoms with Gasteiger partial charge < -0.3 is 9.47 Å². The number of nitrogens with zero attached hydrogens (tertiary/aromatic N) is 3. The molecule has 0 saturated heterocycles. The Kier molecular flexibility index (Phi) is 6.93. The molecule has 2 heterocycles. The van der Waals surface area contributed by atoms with Crippen LogP contribution in [0.5, 0.6) is 11.5 Å². The molecule has 0 spiro atoms. The number of amidine groups is 2. The minimum atomic E-state index is -0.433. The smallest absolute Gasteiger partial charge is 0.283 e. The average molecular weight is 463 g/mol. The number of benzene rings is 2. The predicted octanol–water partition coefficient (Wildman–Crippen LogP) is 5.12. The predicted molar refractivity (Wildman–Crippen MR) is 133 cm³/mol. The fraction of sp³-hybridized carbons (Fsp3) is 0.280. The molecule has 7 nitrogen and oxygen atoms in total. The minimum Gasteiger partial charge on any atom is -0.490 e. The maximum absolute atomic E-state index is 12.6. The molecule has 0 aromatic heterocycles. The van der Waals surface area contributed by atoms with E-state index < -0.39 is 5.91 Å². The first-order valence-electron chi connectivity index (χ1n) is 10.8. The quantitative estimate of drug-likeness (QED) is 0.435. The summed E-state index contributed by atoms with van der Waals surface area (Å²) < 4.78 is 11.5. The molecule has 2 aromatic carbocycles. The zero-order valence-corrected chi connectivity index (χ0v) is 19.7. The Morgan fingerprint density at radius 3 is 2.48 bits per heavy atom. The van der Waals surface area contributed by atoms with E-state index in [9.17, 15) is 4.79 Å². The van der Waals surface area contributed by atoms with Crippen LogP contribution in [0.25, 0.3) is 6.08 Å². The molecule has 8 heteroatoms. The van der Waals surface area contributed by atoms with Crippen LogP contribution in [0.4, 0.5) is 0 Å². The first-order chi connectivity index (χ1) is 15.9. The number of hydrogen-bond acceptors (Lipinski definition) is 6. The lowest BCUT2D eigenvalue weighted by molar-refractivity contribution is -0.114. The van der Waals surface area contributed by atoms with Crippen molar-refractivity contribution in [1.29, 1.82) is 5.41 Å². The fourth-order valence-corrected chi connectivity index (χ4v) is 4.45. The number of hydrogen-bond donors (Lipinski definition) is 1. The second kappa shape index (κ2) is 10.0. The van der Waals surface area contributed by atoms with Gasteiger partial charge in [-0.2, -0.15) is 15.1 Å². The highest BCUT2D eigenvalue weighted by atomic mass is 32.2. The molecule has 0 aliphatic carbocycles. The van der Waals surface area contributed by atoms with Crippen LogP contribution in [-0.4, -0.2) is 40.2 Å². The van der Waals surface area contributed by atoms with E-state index in [1.165, 1.54) is 16.8 Å². The SMILES string of the molecule is Cc1cccc(OCCOc2cccc(/C=C3/C(=N)N4N=C(CC(C)C)SC4=NC3=O)c2)c1. The van der Waals surface area contributed by atoms with E-state index in [1.54, 1.807) is 6.08 Å². The number of ether oxygens (including phenoxy) is 2. The average Bonchev–Trinajstić information content (AvgIpc) is 3.16. The summed E-state index contributed by atoms with van der Waals surface area (Å²) in [6, 6.07) is 15.2. The topological polar surface area (TPSA) is 87.3 Å². The summed E-state index contributed by atoms with van der Waals surface area (Å²) in [5, 5.41) is 15.7.